The number of hydrogen-bond acceptors (Lipinski definition) is 6. The number of rotatable bonds is 6. The lowest BCUT2D eigenvalue weighted by Crippen LogP contribution is -2.09. The van der Waals surface area contributed by atoms with Crippen LogP contribution < -0.4 is 5.73 Å². The summed E-state index contributed by atoms with van der Waals surface area (Å²) in [5, 5.41) is 0.513. The third kappa shape index (κ3) is 4.09. The van der Waals surface area contributed by atoms with Crippen molar-refractivity contribution in [1.82, 2.24) is 4.98 Å². The van der Waals surface area contributed by atoms with Crippen LogP contribution in [0.25, 0.3) is 0 Å². The number of aryl methyl sites for hydroxylation is 2. The Morgan fingerprint density at radius 1 is 1.24 bits per heavy atom. The van der Waals surface area contributed by atoms with E-state index in [1.165, 1.54) is 11.8 Å². The summed E-state index contributed by atoms with van der Waals surface area (Å²) in [5.41, 5.74) is 7.24. The molecule has 0 aliphatic rings. The lowest BCUT2D eigenvalue weighted by Gasteiger charge is -2.04. The molecule has 114 valence electrons. The minimum Gasteiger partial charge on any atom is -0.437 e. The highest BCUT2D eigenvalue weighted by Gasteiger charge is 2.15. The predicted octanol–water partition coefficient (Wildman–Crippen LogP) is 2.32. The number of aromatic nitrogens is 1. The molecule has 0 spiro atoms. The molecule has 0 radical (unpaired) electrons. The Kier molecular flexibility index (Phi) is 5.08. The van der Waals surface area contributed by atoms with Gasteiger partial charge in [-0.15, -0.1) is 0 Å². The van der Waals surface area contributed by atoms with Gasteiger partial charge in [-0.3, -0.25) is 0 Å². The molecule has 1 aromatic carbocycles. The Bertz CT molecular complexity index is 687. The van der Waals surface area contributed by atoms with Crippen LogP contribution in [0.15, 0.2) is 38.8 Å². The number of sulfone groups is 1. The fourth-order valence-corrected chi connectivity index (χ4v) is 4.25. The molecule has 2 rings (SSSR count). The number of oxazole rings is 1. The minimum absolute atomic E-state index is 0.0418. The maximum atomic E-state index is 12.2. The van der Waals surface area contributed by atoms with Crippen LogP contribution in [0.3, 0.4) is 0 Å². The first-order valence-electron chi connectivity index (χ1n) is 6.51. The Morgan fingerprint density at radius 3 is 2.43 bits per heavy atom. The van der Waals surface area contributed by atoms with Crippen LogP contribution in [-0.2, 0) is 16.4 Å². The van der Waals surface area contributed by atoms with E-state index >= 15 is 0 Å². The first-order valence-corrected chi connectivity index (χ1v) is 9.15. The van der Waals surface area contributed by atoms with Crippen LogP contribution in [0.1, 0.15) is 17.0 Å². The van der Waals surface area contributed by atoms with Crippen LogP contribution in [0.5, 0.6) is 0 Å². The van der Waals surface area contributed by atoms with E-state index in [1.807, 2.05) is 13.8 Å². The van der Waals surface area contributed by atoms with Gasteiger partial charge in [0.05, 0.1) is 16.3 Å². The molecule has 0 bridgehead atoms. The molecule has 0 saturated heterocycles. The third-order valence-corrected chi connectivity index (χ3v) is 5.92. The van der Waals surface area contributed by atoms with Crippen molar-refractivity contribution in [2.75, 3.05) is 11.5 Å². The molecule has 0 fully saturated rings. The normalized spacial score (nSPS) is 11.8. The molecular formula is C14H18N2O3S2. The molecule has 21 heavy (non-hydrogen) atoms. The van der Waals surface area contributed by atoms with E-state index in [1.54, 1.807) is 24.3 Å². The largest absolute Gasteiger partial charge is 0.437 e. The van der Waals surface area contributed by atoms with Crippen molar-refractivity contribution < 1.29 is 12.8 Å². The zero-order chi connectivity index (χ0) is 15.5. The highest BCUT2D eigenvalue weighted by molar-refractivity contribution is 8.00. The van der Waals surface area contributed by atoms with Gasteiger partial charge in [0.2, 0.25) is 0 Å². The molecule has 5 nitrogen and oxygen atoms in total. The second-order valence-corrected chi connectivity index (χ2v) is 7.79. The molecule has 1 heterocycles. The van der Waals surface area contributed by atoms with Gasteiger partial charge >= 0.3 is 0 Å². The first-order chi connectivity index (χ1) is 9.92. The van der Waals surface area contributed by atoms with E-state index in [0.29, 0.717) is 22.4 Å². The molecule has 0 atom stereocenters. The van der Waals surface area contributed by atoms with Gasteiger partial charge in [-0.1, -0.05) is 23.9 Å². The van der Waals surface area contributed by atoms with Gasteiger partial charge in [0.15, 0.2) is 9.84 Å². The first kappa shape index (κ1) is 16.1. The average molecular weight is 326 g/mol. The molecule has 0 saturated carbocycles. The molecule has 7 heteroatoms. The summed E-state index contributed by atoms with van der Waals surface area (Å²) >= 11 is 1.31. The molecular weight excluding hydrogens is 308 g/mol. The van der Waals surface area contributed by atoms with Gasteiger partial charge in [-0.05, 0) is 31.5 Å². The van der Waals surface area contributed by atoms with Gasteiger partial charge < -0.3 is 10.2 Å². The lowest BCUT2D eigenvalue weighted by atomic mass is 10.2. The van der Waals surface area contributed by atoms with Gasteiger partial charge in [0, 0.05) is 12.3 Å². The third-order valence-electron chi connectivity index (χ3n) is 3.10. The Labute approximate surface area is 128 Å². The van der Waals surface area contributed by atoms with E-state index in [0.717, 1.165) is 17.0 Å². The number of thioether (sulfide) groups is 1. The van der Waals surface area contributed by atoms with Crippen molar-refractivity contribution in [1.29, 1.82) is 0 Å². The molecule has 0 aliphatic heterocycles. The summed E-state index contributed by atoms with van der Waals surface area (Å²) in [6.07, 6.45) is 0. The van der Waals surface area contributed by atoms with Gasteiger partial charge in [0.1, 0.15) is 5.76 Å². The second kappa shape index (κ2) is 6.64. The van der Waals surface area contributed by atoms with Gasteiger partial charge in [-0.25, -0.2) is 13.4 Å². The molecule has 2 N–H and O–H groups in total. The molecule has 0 unspecified atom stereocenters. The molecule has 0 amide bonds. The molecule has 2 aromatic rings. The quantitative estimate of drug-likeness (QED) is 0.820. The summed E-state index contributed by atoms with van der Waals surface area (Å²) in [5.74, 6) is 1.21. The summed E-state index contributed by atoms with van der Waals surface area (Å²) in [4.78, 5) is 4.53. The van der Waals surface area contributed by atoms with Crippen molar-refractivity contribution >= 4 is 21.6 Å². The zero-order valence-corrected chi connectivity index (χ0v) is 13.6. The van der Waals surface area contributed by atoms with Crippen molar-refractivity contribution in [3.8, 4) is 0 Å². The Hall–Kier alpha value is -1.31. The van der Waals surface area contributed by atoms with Crippen LogP contribution in [0.2, 0.25) is 0 Å². The second-order valence-electron chi connectivity index (χ2n) is 4.64. The monoisotopic (exact) mass is 326 g/mol. The number of hydrogen-bond donors (Lipinski definition) is 1. The molecule has 1 aromatic heterocycles. The summed E-state index contributed by atoms with van der Waals surface area (Å²) in [6, 6.07) is 6.67. The highest BCUT2D eigenvalue weighted by Crippen LogP contribution is 2.21. The fraction of sp³-hybridized carbons (Fsp3) is 0.357. The summed E-state index contributed by atoms with van der Waals surface area (Å²) in [6.45, 7) is 4.10. The standard InChI is InChI=1S/C14H18N2O3S2/c1-10-11(2)19-14(16-10)20-7-8-21(17,18)13-5-3-12(9-15)4-6-13/h3-6H,7-9,15H2,1-2H3. The number of nitrogens with zero attached hydrogens (tertiary/aromatic N) is 1. The van der Waals surface area contributed by atoms with Crippen LogP contribution in [0, 0.1) is 13.8 Å². The van der Waals surface area contributed by atoms with Crippen molar-refractivity contribution in [3.63, 3.8) is 0 Å². The number of nitrogens with two attached hydrogens (primary N) is 1. The van der Waals surface area contributed by atoms with Crippen LogP contribution in [-0.4, -0.2) is 24.9 Å². The summed E-state index contributed by atoms with van der Waals surface area (Å²) < 4.78 is 29.8. The van der Waals surface area contributed by atoms with Crippen molar-refractivity contribution in [3.05, 3.63) is 41.3 Å². The Balaban J connectivity index is 1.97. The lowest BCUT2D eigenvalue weighted by molar-refractivity contribution is 0.431. The van der Waals surface area contributed by atoms with Gasteiger partial charge in [-0.2, -0.15) is 0 Å². The average Bonchev–Trinajstić information content (AvgIpc) is 2.77. The van der Waals surface area contributed by atoms with E-state index in [2.05, 4.69) is 4.98 Å². The van der Waals surface area contributed by atoms with Crippen molar-refractivity contribution in [2.24, 2.45) is 5.73 Å². The van der Waals surface area contributed by atoms with E-state index in [4.69, 9.17) is 10.2 Å². The zero-order valence-electron chi connectivity index (χ0n) is 12.0. The van der Waals surface area contributed by atoms with Crippen molar-refractivity contribution in [2.45, 2.75) is 30.5 Å². The smallest absolute Gasteiger partial charge is 0.256 e. The highest BCUT2D eigenvalue weighted by atomic mass is 32.2. The Morgan fingerprint density at radius 2 is 1.90 bits per heavy atom. The maximum absolute atomic E-state index is 12.2. The van der Waals surface area contributed by atoms with Crippen LogP contribution in [0.4, 0.5) is 0 Å². The summed E-state index contributed by atoms with van der Waals surface area (Å²) in [7, 11) is -3.29. The number of benzene rings is 1. The fourth-order valence-electron chi connectivity index (χ4n) is 1.69. The van der Waals surface area contributed by atoms with E-state index < -0.39 is 9.84 Å². The SMILES string of the molecule is Cc1nc(SCCS(=O)(=O)c2ccc(CN)cc2)oc1C. The van der Waals surface area contributed by atoms with E-state index in [-0.39, 0.29) is 5.75 Å². The molecule has 0 aliphatic carbocycles. The van der Waals surface area contributed by atoms with Gasteiger partial charge in [0.25, 0.3) is 5.22 Å². The minimum atomic E-state index is -3.29. The van der Waals surface area contributed by atoms with E-state index in [9.17, 15) is 8.42 Å². The maximum Gasteiger partial charge on any atom is 0.256 e. The van der Waals surface area contributed by atoms with Crippen LogP contribution >= 0.6 is 11.8 Å². The predicted molar refractivity (Wildman–Crippen MR) is 83.1 cm³/mol. The topological polar surface area (TPSA) is 86.2 Å².